The predicted molar refractivity (Wildman–Crippen MR) is 84.0 cm³/mol. The highest BCUT2D eigenvalue weighted by atomic mass is 35.5. The molecule has 8 heteroatoms. The molecule has 0 unspecified atom stereocenters. The number of aromatic nitrogens is 2. The van der Waals surface area contributed by atoms with Gasteiger partial charge in [-0.25, -0.2) is 4.98 Å². The number of pyridine rings is 2. The maximum absolute atomic E-state index is 12.5. The predicted octanol–water partition coefficient (Wildman–Crippen LogP) is 3.60. The van der Waals surface area contributed by atoms with Crippen LogP contribution in [-0.2, 0) is 0 Å². The molecule has 3 rings (SSSR count). The van der Waals surface area contributed by atoms with Gasteiger partial charge in [-0.3, -0.25) is 19.5 Å². The highest BCUT2D eigenvalue weighted by molar-refractivity contribution is 6.37. The van der Waals surface area contributed by atoms with Gasteiger partial charge >= 0.3 is 11.2 Å². The number of hydrogen-bond donors (Lipinski definition) is 0. The van der Waals surface area contributed by atoms with Crippen LogP contribution in [0.25, 0.3) is 16.7 Å². The molecule has 2 heterocycles. The maximum Gasteiger partial charge on any atom is 0.353 e. The molecule has 0 saturated heterocycles. The maximum atomic E-state index is 12.5. The first kappa shape index (κ1) is 14.5. The summed E-state index contributed by atoms with van der Waals surface area (Å²) in [5.74, 6) is 0. The van der Waals surface area contributed by atoms with Gasteiger partial charge in [-0.15, -0.1) is 0 Å². The van der Waals surface area contributed by atoms with E-state index in [4.69, 9.17) is 23.2 Å². The summed E-state index contributed by atoms with van der Waals surface area (Å²) in [4.78, 5) is 27.0. The van der Waals surface area contributed by atoms with Crippen molar-refractivity contribution in [2.75, 3.05) is 0 Å². The van der Waals surface area contributed by atoms with E-state index >= 15 is 0 Å². The Labute approximate surface area is 133 Å². The quantitative estimate of drug-likeness (QED) is 0.407. The van der Waals surface area contributed by atoms with E-state index in [1.165, 1.54) is 12.1 Å². The van der Waals surface area contributed by atoms with Crippen LogP contribution in [0.5, 0.6) is 0 Å². The van der Waals surface area contributed by atoms with Crippen molar-refractivity contribution in [2.45, 2.75) is 0 Å². The topological polar surface area (TPSA) is 78.0 Å². The van der Waals surface area contributed by atoms with Gasteiger partial charge in [0.25, 0.3) is 0 Å². The summed E-state index contributed by atoms with van der Waals surface area (Å²) in [6.45, 7) is 0. The number of halogens is 2. The Morgan fingerprint density at radius 3 is 2.41 bits per heavy atom. The molecule has 6 nitrogen and oxygen atoms in total. The van der Waals surface area contributed by atoms with Crippen LogP contribution in [0.4, 0.5) is 5.69 Å². The smallest absolute Gasteiger partial charge is 0.261 e. The van der Waals surface area contributed by atoms with Crippen LogP contribution in [0, 0.1) is 10.1 Å². The summed E-state index contributed by atoms with van der Waals surface area (Å²) in [6.07, 6.45) is 0. The fourth-order valence-electron chi connectivity index (χ4n) is 2.17. The molecule has 0 aliphatic heterocycles. The van der Waals surface area contributed by atoms with E-state index in [1.54, 1.807) is 30.3 Å². The van der Waals surface area contributed by atoms with Crippen molar-refractivity contribution in [3.05, 3.63) is 73.1 Å². The Morgan fingerprint density at radius 1 is 1.09 bits per heavy atom. The first-order valence-electron chi connectivity index (χ1n) is 6.11. The molecule has 22 heavy (non-hydrogen) atoms. The standard InChI is InChI=1S/C14H7Cl2N3O3/c15-10-7-6-9-11(16)12(19(21)22)14(20)18(13(9)17-10)8-4-2-1-3-5-8/h1-7H. The second-order valence-corrected chi connectivity index (χ2v) is 5.17. The normalized spacial score (nSPS) is 10.8. The van der Waals surface area contributed by atoms with Gasteiger partial charge in [0.15, 0.2) is 5.65 Å². The summed E-state index contributed by atoms with van der Waals surface area (Å²) in [5, 5.41) is 11.4. The van der Waals surface area contributed by atoms with E-state index in [9.17, 15) is 14.9 Å². The summed E-state index contributed by atoms with van der Waals surface area (Å²) in [6, 6.07) is 11.4. The number of rotatable bonds is 2. The SMILES string of the molecule is O=c1c([N+](=O)[O-])c(Cl)c2ccc(Cl)nc2n1-c1ccccc1. The molecule has 0 bridgehead atoms. The van der Waals surface area contributed by atoms with Crippen LogP contribution in [0.15, 0.2) is 47.3 Å². The van der Waals surface area contributed by atoms with Gasteiger partial charge in [0, 0.05) is 5.39 Å². The molecule has 1 aromatic carbocycles. The fourth-order valence-corrected chi connectivity index (χ4v) is 2.61. The minimum absolute atomic E-state index is 0.154. The summed E-state index contributed by atoms with van der Waals surface area (Å²) >= 11 is 11.9. The molecule has 0 amide bonds. The summed E-state index contributed by atoms with van der Waals surface area (Å²) < 4.78 is 1.13. The lowest BCUT2D eigenvalue weighted by Gasteiger charge is -2.11. The van der Waals surface area contributed by atoms with Crippen molar-refractivity contribution in [3.8, 4) is 5.69 Å². The Morgan fingerprint density at radius 2 is 1.77 bits per heavy atom. The average molecular weight is 336 g/mol. The molecule has 0 N–H and O–H groups in total. The highest BCUT2D eigenvalue weighted by Crippen LogP contribution is 2.30. The third-order valence-electron chi connectivity index (χ3n) is 3.10. The van der Waals surface area contributed by atoms with Crippen molar-refractivity contribution in [2.24, 2.45) is 0 Å². The molecule has 0 atom stereocenters. The van der Waals surface area contributed by atoms with E-state index in [1.807, 2.05) is 0 Å². The van der Waals surface area contributed by atoms with Gasteiger partial charge in [-0.05, 0) is 24.3 Å². The van der Waals surface area contributed by atoms with Gasteiger partial charge in [-0.2, -0.15) is 0 Å². The Hall–Kier alpha value is -2.44. The van der Waals surface area contributed by atoms with E-state index in [-0.39, 0.29) is 21.2 Å². The molecule has 0 aliphatic rings. The van der Waals surface area contributed by atoms with Crippen molar-refractivity contribution < 1.29 is 4.92 Å². The van der Waals surface area contributed by atoms with Gasteiger partial charge in [-0.1, -0.05) is 41.4 Å². The Bertz CT molecular complexity index is 955. The van der Waals surface area contributed by atoms with Crippen LogP contribution in [0.1, 0.15) is 0 Å². The Kier molecular flexibility index (Phi) is 3.56. The second kappa shape index (κ2) is 5.40. The second-order valence-electron chi connectivity index (χ2n) is 4.40. The molecule has 0 aliphatic carbocycles. The van der Waals surface area contributed by atoms with Crippen molar-refractivity contribution in [3.63, 3.8) is 0 Å². The van der Waals surface area contributed by atoms with Crippen LogP contribution < -0.4 is 5.56 Å². The molecule has 110 valence electrons. The van der Waals surface area contributed by atoms with Gasteiger partial charge in [0.2, 0.25) is 0 Å². The minimum Gasteiger partial charge on any atom is -0.261 e. The van der Waals surface area contributed by atoms with E-state index in [0.717, 1.165) is 4.57 Å². The zero-order chi connectivity index (χ0) is 15.9. The van der Waals surface area contributed by atoms with Gasteiger partial charge < -0.3 is 0 Å². The molecular weight excluding hydrogens is 329 g/mol. The number of para-hydroxylation sites is 1. The number of hydrogen-bond acceptors (Lipinski definition) is 4. The van der Waals surface area contributed by atoms with Crippen LogP contribution in [-0.4, -0.2) is 14.5 Å². The molecule has 0 radical (unpaired) electrons. The summed E-state index contributed by atoms with van der Waals surface area (Å²) in [7, 11) is 0. The average Bonchev–Trinajstić information content (AvgIpc) is 2.47. The third kappa shape index (κ3) is 2.22. The zero-order valence-corrected chi connectivity index (χ0v) is 12.4. The van der Waals surface area contributed by atoms with Gasteiger partial charge in [0.05, 0.1) is 10.6 Å². The monoisotopic (exact) mass is 335 g/mol. The number of fused-ring (bicyclic) bond motifs is 1. The molecule has 3 aromatic rings. The van der Waals surface area contributed by atoms with Crippen LogP contribution in [0.3, 0.4) is 0 Å². The molecule has 2 aromatic heterocycles. The highest BCUT2D eigenvalue weighted by Gasteiger charge is 2.26. The lowest BCUT2D eigenvalue weighted by Crippen LogP contribution is -2.23. The first-order chi connectivity index (χ1) is 10.5. The summed E-state index contributed by atoms with van der Waals surface area (Å²) in [5.41, 5.74) is -0.947. The molecule has 0 fully saturated rings. The lowest BCUT2D eigenvalue weighted by atomic mass is 10.2. The molecule has 0 saturated carbocycles. The molecule has 0 spiro atoms. The fraction of sp³-hybridized carbons (Fsp3) is 0. The number of benzene rings is 1. The third-order valence-corrected chi connectivity index (χ3v) is 3.69. The first-order valence-corrected chi connectivity index (χ1v) is 6.87. The number of nitrogens with zero attached hydrogens (tertiary/aromatic N) is 3. The molecular formula is C14H7Cl2N3O3. The number of nitro groups is 1. The van der Waals surface area contributed by atoms with E-state index in [0.29, 0.717) is 5.69 Å². The van der Waals surface area contributed by atoms with Gasteiger partial charge in [0.1, 0.15) is 10.2 Å². The zero-order valence-electron chi connectivity index (χ0n) is 10.9. The van der Waals surface area contributed by atoms with E-state index in [2.05, 4.69) is 4.98 Å². The largest absolute Gasteiger partial charge is 0.353 e. The minimum atomic E-state index is -0.858. The van der Waals surface area contributed by atoms with Crippen LogP contribution >= 0.6 is 23.2 Å². The van der Waals surface area contributed by atoms with Crippen LogP contribution in [0.2, 0.25) is 10.2 Å². The Balaban J connectivity index is 2.56. The van der Waals surface area contributed by atoms with E-state index < -0.39 is 16.2 Å². The van der Waals surface area contributed by atoms with Crippen molar-refractivity contribution in [1.82, 2.24) is 9.55 Å². The van der Waals surface area contributed by atoms with Crippen molar-refractivity contribution in [1.29, 1.82) is 0 Å². The van der Waals surface area contributed by atoms with Crippen molar-refractivity contribution >= 4 is 39.9 Å². The lowest BCUT2D eigenvalue weighted by molar-refractivity contribution is -0.386.